The lowest BCUT2D eigenvalue weighted by atomic mass is 10.2. The highest BCUT2D eigenvalue weighted by Gasteiger charge is 2.21. The maximum Gasteiger partial charge on any atom is 0.409 e. The van der Waals surface area contributed by atoms with E-state index in [1.165, 1.54) is 14.2 Å². The number of benzene rings is 1. The average molecular weight is 525 g/mol. The normalized spacial score (nSPS) is 16.0. The van der Waals surface area contributed by atoms with E-state index < -0.39 is 6.09 Å². The van der Waals surface area contributed by atoms with Crippen molar-refractivity contribution in [3.05, 3.63) is 35.9 Å². The Bertz CT molecular complexity index is 783. The summed E-state index contributed by atoms with van der Waals surface area (Å²) in [7, 11) is 2.80. The van der Waals surface area contributed by atoms with Crippen LogP contribution in [0.3, 0.4) is 0 Å². The van der Waals surface area contributed by atoms with E-state index in [1.54, 1.807) is 9.80 Å². The SMILES string of the molecule is C.COC(=O)N1CCN(CCN)CC1.COC(=O)N1CCN(CCNC(=O)OCc2ccccc2)CC1. The fourth-order valence-electron chi connectivity index (χ4n) is 3.84. The van der Waals surface area contributed by atoms with Crippen LogP contribution in [0, 0.1) is 0 Å². The molecule has 2 aliphatic heterocycles. The summed E-state index contributed by atoms with van der Waals surface area (Å²) in [5.74, 6) is 0. The van der Waals surface area contributed by atoms with Crippen LogP contribution in [0.15, 0.2) is 30.3 Å². The second-order valence-corrected chi connectivity index (χ2v) is 8.37. The van der Waals surface area contributed by atoms with Gasteiger partial charge in [0.1, 0.15) is 6.61 Å². The van der Waals surface area contributed by atoms with Crippen LogP contribution < -0.4 is 11.1 Å². The van der Waals surface area contributed by atoms with Crippen LogP contribution in [0.5, 0.6) is 0 Å². The zero-order valence-electron chi connectivity index (χ0n) is 21.4. The van der Waals surface area contributed by atoms with Crippen molar-refractivity contribution < 1.29 is 28.6 Å². The van der Waals surface area contributed by atoms with Gasteiger partial charge < -0.3 is 35.1 Å². The lowest BCUT2D eigenvalue weighted by Crippen LogP contribution is -2.50. The Labute approximate surface area is 220 Å². The molecule has 12 heteroatoms. The molecule has 0 bridgehead atoms. The molecule has 2 saturated heterocycles. The lowest BCUT2D eigenvalue weighted by molar-refractivity contribution is 0.0905. The van der Waals surface area contributed by atoms with Gasteiger partial charge in [0, 0.05) is 78.5 Å². The number of hydrogen-bond acceptors (Lipinski definition) is 9. The predicted molar refractivity (Wildman–Crippen MR) is 141 cm³/mol. The van der Waals surface area contributed by atoms with Crippen LogP contribution in [0.25, 0.3) is 0 Å². The first-order chi connectivity index (χ1) is 17.5. The van der Waals surface area contributed by atoms with E-state index in [0.717, 1.165) is 57.9 Å². The maximum absolute atomic E-state index is 11.6. The number of hydrogen-bond donors (Lipinski definition) is 2. The fraction of sp³-hybridized carbons (Fsp3) is 0.640. The molecule has 37 heavy (non-hydrogen) atoms. The molecule has 0 atom stereocenters. The van der Waals surface area contributed by atoms with Gasteiger partial charge in [-0.15, -0.1) is 0 Å². The van der Waals surface area contributed by atoms with Gasteiger partial charge in [-0.25, -0.2) is 14.4 Å². The van der Waals surface area contributed by atoms with Gasteiger partial charge in [-0.3, -0.25) is 9.80 Å². The van der Waals surface area contributed by atoms with Crippen LogP contribution in [0.2, 0.25) is 0 Å². The second-order valence-electron chi connectivity index (χ2n) is 8.37. The monoisotopic (exact) mass is 524 g/mol. The number of alkyl carbamates (subject to hydrolysis) is 1. The van der Waals surface area contributed by atoms with Gasteiger partial charge in [0.05, 0.1) is 14.2 Å². The molecule has 1 aromatic rings. The summed E-state index contributed by atoms with van der Waals surface area (Å²) >= 11 is 0. The van der Waals surface area contributed by atoms with Crippen LogP contribution in [-0.2, 0) is 20.8 Å². The molecular weight excluding hydrogens is 480 g/mol. The summed E-state index contributed by atoms with van der Waals surface area (Å²) in [5.41, 5.74) is 6.39. The van der Waals surface area contributed by atoms with Gasteiger partial charge in [-0.1, -0.05) is 37.8 Å². The van der Waals surface area contributed by atoms with Gasteiger partial charge in [0.2, 0.25) is 0 Å². The molecule has 0 radical (unpaired) electrons. The number of ether oxygens (including phenoxy) is 3. The molecule has 3 amide bonds. The Morgan fingerprint density at radius 2 is 1.30 bits per heavy atom. The Morgan fingerprint density at radius 1 is 0.811 bits per heavy atom. The minimum atomic E-state index is -0.415. The van der Waals surface area contributed by atoms with Crippen molar-refractivity contribution in [2.75, 3.05) is 92.8 Å². The van der Waals surface area contributed by atoms with E-state index >= 15 is 0 Å². The zero-order valence-corrected chi connectivity index (χ0v) is 21.4. The third-order valence-corrected chi connectivity index (χ3v) is 5.97. The highest BCUT2D eigenvalue weighted by molar-refractivity contribution is 5.68. The molecule has 210 valence electrons. The molecule has 3 rings (SSSR count). The Kier molecular flexibility index (Phi) is 15.7. The summed E-state index contributed by atoms with van der Waals surface area (Å²) in [6.07, 6.45) is -0.929. The highest BCUT2D eigenvalue weighted by atomic mass is 16.6. The minimum absolute atomic E-state index is 0. The van der Waals surface area contributed by atoms with Crippen molar-refractivity contribution in [1.29, 1.82) is 0 Å². The molecule has 3 N–H and O–H groups in total. The lowest BCUT2D eigenvalue weighted by Gasteiger charge is -2.33. The number of carbonyl (C=O) groups excluding carboxylic acids is 3. The summed E-state index contributed by atoms with van der Waals surface area (Å²) in [6, 6.07) is 9.56. The third-order valence-electron chi connectivity index (χ3n) is 5.97. The number of piperazine rings is 2. The largest absolute Gasteiger partial charge is 0.453 e. The van der Waals surface area contributed by atoms with Crippen molar-refractivity contribution >= 4 is 18.3 Å². The summed E-state index contributed by atoms with van der Waals surface area (Å²) in [6.45, 7) is 9.22. The molecule has 0 aliphatic carbocycles. The molecule has 12 nitrogen and oxygen atoms in total. The average Bonchev–Trinajstić information content (AvgIpc) is 2.93. The number of amides is 3. The van der Waals surface area contributed by atoms with Crippen LogP contribution in [0.4, 0.5) is 14.4 Å². The highest BCUT2D eigenvalue weighted by Crippen LogP contribution is 2.04. The van der Waals surface area contributed by atoms with Crippen molar-refractivity contribution in [2.24, 2.45) is 5.73 Å². The molecule has 0 saturated carbocycles. The number of nitrogens with zero attached hydrogens (tertiary/aromatic N) is 4. The topological polar surface area (TPSA) is 130 Å². The smallest absolute Gasteiger partial charge is 0.409 e. The Hall–Kier alpha value is -3.09. The molecule has 0 spiro atoms. The van der Waals surface area contributed by atoms with Gasteiger partial charge in [0.15, 0.2) is 0 Å². The number of methoxy groups -OCH3 is 2. The molecule has 2 heterocycles. The molecule has 0 unspecified atom stereocenters. The standard InChI is InChI=1S/C16H23N3O4.C8H17N3O2.CH4/c1-22-16(21)19-11-9-18(10-12-19)8-7-17-15(20)23-13-14-5-3-2-4-6-14;1-13-8(12)11-6-4-10(3-2-9)5-7-11;/h2-6H,7-13H2,1H3,(H,17,20);2-7,9H2,1H3;1H4. The second kappa shape index (κ2) is 18.2. The van der Waals surface area contributed by atoms with E-state index in [2.05, 4.69) is 19.9 Å². The number of rotatable bonds is 7. The number of carbonyl (C=O) groups is 3. The van der Waals surface area contributed by atoms with Crippen molar-refractivity contribution in [3.8, 4) is 0 Å². The number of nitrogens with two attached hydrogens (primary N) is 1. The first-order valence-corrected chi connectivity index (χ1v) is 12.2. The van der Waals surface area contributed by atoms with Gasteiger partial charge in [0.25, 0.3) is 0 Å². The molecular formula is C25H44N6O6. The van der Waals surface area contributed by atoms with E-state index in [9.17, 15) is 14.4 Å². The zero-order chi connectivity index (χ0) is 26.2. The number of nitrogens with one attached hydrogen (secondary N) is 1. The van der Waals surface area contributed by atoms with Crippen molar-refractivity contribution in [2.45, 2.75) is 14.0 Å². The molecule has 2 fully saturated rings. The van der Waals surface area contributed by atoms with Crippen molar-refractivity contribution in [3.63, 3.8) is 0 Å². The Balaban J connectivity index is 0.000000417. The van der Waals surface area contributed by atoms with Crippen LogP contribution >= 0.6 is 0 Å². The van der Waals surface area contributed by atoms with E-state index in [0.29, 0.717) is 26.2 Å². The van der Waals surface area contributed by atoms with E-state index in [-0.39, 0.29) is 26.2 Å². The summed E-state index contributed by atoms with van der Waals surface area (Å²) in [5, 5.41) is 2.74. The van der Waals surface area contributed by atoms with E-state index in [1.807, 2.05) is 30.3 Å². The predicted octanol–water partition coefficient (Wildman–Crippen LogP) is 1.26. The van der Waals surface area contributed by atoms with Crippen LogP contribution in [0.1, 0.15) is 13.0 Å². The fourth-order valence-corrected chi connectivity index (χ4v) is 3.84. The minimum Gasteiger partial charge on any atom is -0.453 e. The van der Waals surface area contributed by atoms with Crippen molar-refractivity contribution in [1.82, 2.24) is 24.9 Å². The van der Waals surface area contributed by atoms with E-state index in [4.69, 9.17) is 15.2 Å². The summed E-state index contributed by atoms with van der Waals surface area (Å²) in [4.78, 5) is 41.9. The first kappa shape index (κ1) is 31.9. The van der Waals surface area contributed by atoms with Gasteiger partial charge in [-0.2, -0.15) is 0 Å². The Morgan fingerprint density at radius 3 is 1.76 bits per heavy atom. The molecule has 2 aliphatic rings. The quantitative estimate of drug-likeness (QED) is 0.506. The molecule has 1 aromatic carbocycles. The third kappa shape index (κ3) is 12.1. The summed E-state index contributed by atoms with van der Waals surface area (Å²) < 4.78 is 14.5. The van der Waals surface area contributed by atoms with Gasteiger partial charge in [-0.05, 0) is 5.56 Å². The molecule has 0 aromatic heterocycles. The van der Waals surface area contributed by atoms with Gasteiger partial charge >= 0.3 is 18.3 Å². The maximum atomic E-state index is 11.6. The van der Waals surface area contributed by atoms with Crippen LogP contribution in [-0.4, -0.2) is 131 Å². The first-order valence-electron chi connectivity index (χ1n) is 12.2.